The highest BCUT2D eigenvalue weighted by Gasteiger charge is 2.25. The highest BCUT2D eigenvalue weighted by molar-refractivity contribution is 7.89. The van der Waals surface area contributed by atoms with Crippen molar-refractivity contribution in [2.45, 2.75) is 30.6 Å². The molecule has 2 aromatic carbocycles. The Balaban J connectivity index is 1.56. The van der Waals surface area contributed by atoms with E-state index in [2.05, 4.69) is 5.32 Å². The second-order valence-electron chi connectivity index (χ2n) is 6.77. The summed E-state index contributed by atoms with van der Waals surface area (Å²) >= 11 is 0. The number of carbonyl (C=O) groups excluding carboxylic acids is 1. The van der Waals surface area contributed by atoms with Crippen molar-refractivity contribution in [3.05, 3.63) is 65.2 Å². The van der Waals surface area contributed by atoms with Crippen molar-refractivity contribution in [1.82, 2.24) is 9.62 Å². The summed E-state index contributed by atoms with van der Waals surface area (Å²) in [5.74, 6) is -2.19. The van der Waals surface area contributed by atoms with Crippen LogP contribution in [0.5, 0.6) is 0 Å². The van der Waals surface area contributed by atoms with E-state index in [0.717, 1.165) is 37.0 Å². The SMILES string of the molecule is O=C(NCCc1ccc(S(=O)(=O)N2CCCCC2)cc1)c1cc(F)cc(F)c1. The number of carbonyl (C=O) groups is 1. The van der Waals surface area contributed by atoms with Crippen LogP contribution in [0.25, 0.3) is 0 Å². The molecule has 1 aliphatic rings. The smallest absolute Gasteiger partial charge is 0.251 e. The van der Waals surface area contributed by atoms with E-state index in [1.54, 1.807) is 24.3 Å². The minimum absolute atomic E-state index is 0.0829. The Morgan fingerprint density at radius 2 is 1.57 bits per heavy atom. The second-order valence-corrected chi connectivity index (χ2v) is 8.71. The molecule has 0 saturated carbocycles. The number of amides is 1. The lowest BCUT2D eigenvalue weighted by Crippen LogP contribution is -2.35. The van der Waals surface area contributed by atoms with Crippen LogP contribution in [0.3, 0.4) is 0 Å². The number of piperidine rings is 1. The van der Waals surface area contributed by atoms with E-state index in [1.165, 1.54) is 4.31 Å². The van der Waals surface area contributed by atoms with Gasteiger partial charge in [0.05, 0.1) is 4.90 Å². The highest BCUT2D eigenvalue weighted by atomic mass is 32.2. The largest absolute Gasteiger partial charge is 0.352 e. The lowest BCUT2D eigenvalue weighted by Gasteiger charge is -2.25. The van der Waals surface area contributed by atoms with Gasteiger partial charge in [0.25, 0.3) is 5.91 Å². The zero-order valence-electron chi connectivity index (χ0n) is 15.3. The molecular weight excluding hydrogens is 386 g/mol. The minimum atomic E-state index is -3.46. The van der Waals surface area contributed by atoms with E-state index in [0.29, 0.717) is 25.6 Å². The van der Waals surface area contributed by atoms with Gasteiger partial charge in [0.15, 0.2) is 0 Å². The Labute approximate surface area is 163 Å². The molecule has 8 heteroatoms. The molecule has 1 fully saturated rings. The van der Waals surface area contributed by atoms with Gasteiger partial charge in [-0.3, -0.25) is 4.79 Å². The first-order valence-corrected chi connectivity index (χ1v) is 10.6. The van der Waals surface area contributed by atoms with Crippen molar-refractivity contribution in [2.75, 3.05) is 19.6 Å². The molecule has 1 saturated heterocycles. The summed E-state index contributed by atoms with van der Waals surface area (Å²) in [6, 6.07) is 9.22. The predicted molar refractivity (Wildman–Crippen MR) is 101 cm³/mol. The molecule has 1 heterocycles. The third-order valence-electron chi connectivity index (χ3n) is 4.70. The minimum Gasteiger partial charge on any atom is -0.352 e. The van der Waals surface area contributed by atoms with Gasteiger partial charge in [0.1, 0.15) is 11.6 Å². The van der Waals surface area contributed by atoms with Crippen LogP contribution >= 0.6 is 0 Å². The van der Waals surface area contributed by atoms with E-state index in [1.807, 2.05) is 0 Å². The molecule has 2 aromatic rings. The maximum atomic E-state index is 13.2. The third kappa shape index (κ3) is 4.94. The van der Waals surface area contributed by atoms with E-state index in [9.17, 15) is 22.0 Å². The Morgan fingerprint density at radius 3 is 2.18 bits per heavy atom. The van der Waals surface area contributed by atoms with Gasteiger partial charge in [-0.05, 0) is 49.1 Å². The first-order valence-electron chi connectivity index (χ1n) is 9.20. The van der Waals surface area contributed by atoms with E-state index in [4.69, 9.17) is 0 Å². The maximum absolute atomic E-state index is 13.2. The molecule has 1 amide bonds. The van der Waals surface area contributed by atoms with Crippen LogP contribution in [-0.2, 0) is 16.4 Å². The Morgan fingerprint density at radius 1 is 0.964 bits per heavy atom. The first kappa shape index (κ1) is 20.4. The van der Waals surface area contributed by atoms with Crippen LogP contribution in [0, 0.1) is 11.6 Å². The molecule has 0 bridgehead atoms. The first-order chi connectivity index (χ1) is 13.4. The summed E-state index contributed by atoms with van der Waals surface area (Å²) in [4.78, 5) is 12.2. The van der Waals surface area contributed by atoms with Gasteiger partial charge in [0.2, 0.25) is 10.0 Å². The number of hydrogen-bond donors (Lipinski definition) is 1. The molecule has 0 aromatic heterocycles. The molecule has 3 rings (SSSR count). The Kier molecular flexibility index (Phi) is 6.41. The zero-order chi connectivity index (χ0) is 20.1. The average molecular weight is 408 g/mol. The van der Waals surface area contributed by atoms with Gasteiger partial charge in [-0.25, -0.2) is 17.2 Å². The fourth-order valence-electron chi connectivity index (χ4n) is 3.19. The maximum Gasteiger partial charge on any atom is 0.251 e. The molecule has 5 nitrogen and oxygen atoms in total. The monoisotopic (exact) mass is 408 g/mol. The molecule has 28 heavy (non-hydrogen) atoms. The van der Waals surface area contributed by atoms with Crippen molar-refractivity contribution in [3.8, 4) is 0 Å². The van der Waals surface area contributed by atoms with Crippen molar-refractivity contribution < 1.29 is 22.0 Å². The summed E-state index contributed by atoms with van der Waals surface area (Å²) in [6.45, 7) is 1.36. The van der Waals surface area contributed by atoms with Gasteiger partial charge in [-0.1, -0.05) is 18.6 Å². The number of halogens is 2. The van der Waals surface area contributed by atoms with E-state index >= 15 is 0 Å². The number of nitrogens with zero attached hydrogens (tertiary/aromatic N) is 1. The summed E-state index contributed by atoms with van der Waals surface area (Å²) in [6.07, 6.45) is 3.28. The van der Waals surface area contributed by atoms with Crippen LogP contribution in [-0.4, -0.2) is 38.3 Å². The molecule has 0 unspecified atom stereocenters. The molecule has 0 atom stereocenters. The zero-order valence-corrected chi connectivity index (χ0v) is 16.1. The van der Waals surface area contributed by atoms with Gasteiger partial charge in [-0.15, -0.1) is 0 Å². The number of hydrogen-bond acceptors (Lipinski definition) is 3. The van der Waals surface area contributed by atoms with Gasteiger partial charge >= 0.3 is 0 Å². The number of nitrogens with one attached hydrogen (secondary N) is 1. The fraction of sp³-hybridized carbons (Fsp3) is 0.350. The molecule has 0 aliphatic carbocycles. The van der Waals surface area contributed by atoms with Crippen molar-refractivity contribution >= 4 is 15.9 Å². The Hall–Kier alpha value is -2.32. The predicted octanol–water partition coefficient (Wildman–Crippen LogP) is 3.11. The topological polar surface area (TPSA) is 66.5 Å². The quantitative estimate of drug-likeness (QED) is 0.799. The van der Waals surface area contributed by atoms with Crippen LogP contribution in [0.4, 0.5) is 8.78 Å². The van der Waals surface area contributed by atoms with Gasteiger partial charge in [0, 0.05) is 31.3 Å². The number of sulfonamides is 1. The molecular formula is C20H22F2N2O3S. The van der Waals surface area contributed by atoms with E-state index in [-0.39, 0.29) is 17.0 Å². The number of rotatable bonds is 6. The average Bonchev–Trinajstić information content (AvgIpc) is 2.68. The van der Waals surface area contributed by atoms with Crippen LogP contribution in [0.15, 0.2) is 47.4 Å². The van der Waals surface area contributed by atoms with Gasteiger partial charge in [-0.2, -0.15) is 4.31 Å². The standard InChI is InChI=1S/C20H22F2N2O3S/c21-17-12-16(13-18(22)14-17)20(25)23-9-8-15-4-6-19(7-5-15)28(26,27)24-10-2-1-3-11-24/h4-7,12-14H,1-3,8-11H2,(H,23,25). The molecule has 0 spiro atoms. The van der Waals surface area contributed by atoms with Crippen LogP contribution in [0.2, 0.25) is 0 Å². The lowest BCUT2D eigenvalue weighted by atomic mass is 10.1. The third-order valence-corrected chi connectivity index (χ3v) is 6.61. The number of benzene rings is 2. The molecule has 150 valence electrons. The van der Waals surface area contributed by atoms with Crippen LogP contribution < -0.4 is 5.32 Å². The molecule has 1 N–H and O–H groups in total. The summed E-state index contributed by atoms with van der Waals surface area (Å²) in [5.41, 5.74) is 0.767. The lowest BCUT2D eigenvalue weighted by molar-refractivity contribution is 0.0953. The van der Waals surface area contributed by atoms with Crippen molar-refractivity contribution in [2.24, 2.45) is 0 Å². The normalized spacial score (nSPS) is 15.4. The molecule has 0 radical (unpaired) electrons. The summed E-state index contributed by atoms with van der Waals surface area (Å²) < 4.78 is 53.1. The second kappa shape index (κ2) is 8.79. The van der Waals surface area contributed by atoms with Gasteiger partial charge < -0.3 is 5.32 Å². The van der Waals surface area contributed by atoms with Crippen LogP contribution in [0.1, 0.15) is 35.2 Å². The van der Waals surface area contributed by atoms with E-state index < -0.39 is 27.6 Å². The van der Waals surface area contributed by atoms with Crippen molar-refractivity contribution in [1.29, 1.82) is 0 Å². The summed E-state index contributed by atoms with van der Waals surface area (Å²) in [7, 11) is -3.46. The highest BCUT2D eigenvalue weighted by Crippen LogP contribution is 2.21. The van der Waals surface area contributed by atoms with Crippen molar-refractivity contribution in [3.63, 3.8) is 0 Å². The molecule has 1 aliphatic heterocycles. The Bertz CT molecular complexity index is 920. The summed E-state index contributed by atoms with van der Waals surface area (Å²) in [5, 5.41) is 2.60. The fourth-order valence-corrected chi connectivity index (χ4v) is 4.71.